The number of hydrogen-bond donors (Lipinski definition) is 3. The van der Waals surface area contributed by atoms with Crippen LogP contribution in [0.4, 0.5) is 10.1 Å². The molecule has 0 aromatic heterocycles. The molecule has 0 radical (unpaired) electrons. The third-order valence-electron chi connectivity index (χ3n) is 5.08. The zero-order chi connectivity index (χ0) is 18.5. The molecule has 4 nitrogen and oxygen atoms in total. The van der Waals surface area contributed by atoms with Gasteiger partial charge in [-0.3, -0.25) is 4.79 Å². The van der Waals surface area contributed by atoms with Crippen LogP contribution in [0, 0.1) is 5.82 Å². The Morgan fingerprint density at radius 1 is 1.15 bits per heavy atom. The molecule has 1 aliphatic rings. The lowest BCUT2D eigenvalue weighted by atomic mass is 10.1. The van der Waals surface area contributed by atoms with Crippen molar-refractivity contribution < 1.29 is 19.0 Å². The average molecular weight is 378 g/mol. The zero-order valence-corrected chi connectivity index (χ0v) is 15.7. The number of halogens is 2. The van der Waals surface area contributed by atoms with E-state index in [0.717, 1.165) is 37.7 Å². The first-order valence-electron chi connectivity index (χ1n) is 9.01. The molecule has 0 unspecified atom stereocenters. The summed E-state index contributed by atoms with van der Waals surface area (Å²) in [6.07, 6.45) is 0. The smallest absolute Gasteiger partial charge is 0.282 e. The van der Waals surface area contributed by atoms with Crippen molar-refractivity contribution in [2.24, 2.45) is 0 Å². The van der Waals surface area contributed by atoms with Gasteiger partial charge in [-0.1, -0.05) is 35.9 Å². The zero-order valence-electron chi connectivity index (χ0n) is 14.9. The Bertz CT molecular complexity index is 762. The van der Waals surface area contributed by atoms with Gasteiger partial charge in [-0.05, 0) is 31.2 Å². The molecule has 138 valence electrons. The number of anilines is 1. The fourth-order valence-corrected chi connectivity index (χ4v) is 3.67. The molecule has 1 aliphatic heterocycles. The van der Waals surface area contributed by atoms with E-state index in [9.17, 15) is 9.18 Å². The van der Waals surface area contributed by atoms with Gasteiger partial charge in [-0.25, -0.2) is 4.39 Å². The van der Waals surface area contributed by atoms with Gasteiger partial charge in [0.15, 0.2) is 6.04 Å². The van der Waals surface area contributed by atoms with Gasteiger partial charge in [0.05, 0.1) is 5.69 Å². The van der Waals surface area contributed by atoms with Crippen LogP contribution in [-0.4, -0.2) is 38.1 Å². The number of quaternary nitrogens is 2. The van der Waals surface area contributed by atoms with Crippen LogP contribution in [0.25, 0.3) is 0 Å². The number of para-hydroxylation sites is 1. The van der Waals surface area contributed by atoms with Gasteiger partial charge in [0.1, 0.15) is 38.5 Å². The maximum absolute atomic E-state index is 13.7. The highest BCUT2D eigenvalue weighted by Crippen LogP contribution is 2.12. The van der Waals surface area contributed by atoms with E-state index in [-0.39, 0.29) is 17.6 Å². The van der Waals surface area contributed by atoms with E-state index in [1.165, 1.54) is 21.4 Å². The first kappa shape index (κ1) is 18.8. The van der Waals surface area contributed by atoms with Crippen molar-refractivity contribution in [1.29, 1.82) is 0 Å². The third kappa shape index (κ3) is 4.81. The summed E-state index contributed by atoms with van der Waals surface area (Å²) in [6.45, 7) is 6.69. The molecule has 0 bridgehead atoms. The molecule has 0 aliphatic carbocycles. The molecule has 6 heteroatoms. The molecule has 2 aromatic carbocycles. The summed E-state index contributed by atoms with van der Waals surface area (Å²) in [5, 5.41) is 3.48. The van der Waals surface area contributed by atoms with Crippen LogP contribution in [0.1, 0.15) is 12.5 Å². The molecular formula is C20H25ClFN3O+2. The van der Waals surface area contributed by atoms with Crippen molar-refractivity contribution >= 4 is 23.2 Å². The molecule has 1 heterocycles. The van der Waals surface area contributed by atoms with Crippen molar-refractivity contribution in [3.63, 3.8) is 0 Å². The second-order valence-electron chi connectivity index (χ2n) is 6.91. The summed E-state index contributed by atoms with van der Waals surface area (Å²) in [5.74, 6) is -0.540. The van der Waals surface area contributed by atoms with Crippen molar-refractivity contribution in [1.82, 2.24) is 0 Å². The van der Waals surface area contributed by atoms with Crippen molar-refractivity contribution in [2.45, 2.75) is 19.5 Å². The lowest BCUT2D eigenvalue weighted by molar-refractivity contribution is -1.02. The Morgan fingerprint density at radius 3 is 2.58 bits per heavy atom. The van der Waals surface area contributed by atoms with Gasteiger partial charge in [0, 0.05) is 10.6 Å². The summed E-state index contributed by atoms with van der Waals surface area (Å²) in [5.41, 5.74) is 1.48. The van der Waals surface area contributed by atoms with E-state index in [1.54, 1.807) is 18.2 Å². The van der Waals surface area contributed by atoms with Gasteiger partial charge in [-0.2, -0.15) is 0 Å². The van der Waals surface area contributed by atoms with E-state index in [0.29, 0.717) is 0 Å². The second kappa shape index (κ2) is 8.62. The summed E-state index contributed by atoms with van der Waals surface area (Å²) in [7, 11) is 0. The SMILES string of the molecule is C[C@H](C(=O)Nc1ccccc1F)[NH+]1CC[NH+](Cc2cccc(Cl)c2)CC1. The van der Waals surface area contributed by atoms with Gasteiger partial charge in [0.25, 0.3) is 5.91 Å². The number of amides is 1. The van der Waals surface area contributed by atoms with Crippen molar-refractivity contribution in [2.75, 3.05) is 31.5 Å². The number of carbonyl (C=O) groups excluding carboxylic acids is 1. The standard InChI is InChI=1S/C20H23ClFN3O/c1-15(20(26)23-19-8-3-2-7-18(19)22)25-11-9-24(10-12-25)14-16-5-4-6-17(21)13-16/h2-8,13,15H,9-12,14H2,1H3,(H,23,26)/p+2/t15-/m1/s1. The normalized spacial score (nSPS) is 21.2. The van der Waals surface area contributed by atoms with Gasteiger partial charge in [-0.15, -0.1) is 0 Å². The van der Waals surface area contributed by atoms with Crippen LogP contribution >= 0.6 is 11.6 Å². The summed E-state index contributed by atoms with van der Waals surface area (Å²) in [4.78, 5) is 15.2. The summed E-state index contributed by atoms with van der Waals surface area (Å²) in [6, 6.07) is 14.0. The summed E-state index contributed by atoms with van der Waals surface area (Å²) >= 11 is 6.06. The van der Waals surface area contributed by atoms with E-state index in [1.807, 2.05) is 25.1 Å². The van der Waals surface area contributed by atoms with Crippen LogP contribution < -0.4 is 15.1 Å². The molecule has 2 aromatic rings. The Balaban J connectivity index is 1.51. The number of hydrogen-bond acceptors (Lipinski definition) is 1. The fourth-order valence-electron chi connectivity index (χ4n) is 3.46. The predicted molar refractivity (Wildman–Crippen MR) is 101 cm³/mol. The average Bonchev–Trinajstić information content (AvgIpc) is 2.64. The first-order valence-corrected chi connectivity index (χ1v) is 9.38. The molecule has 3 rings (SSSR count). The maximum atomic E-state index is 13.7. The minimum absolute atomic E-state index is 0.136. The van der Waals surface area contributed by atoms with Crippen molar-refractivity contribution in [3.05, 3.63) is 64.9 Å². The van der Waals surface area contributed by atoms with E-state index in [4.69, 9.17) is 11.6 Å². The van der Waals surface area contributed by atoms with Crippen LogP contribution in [0.5, 0.6) is 0 Å². The number of rotatable bonds is 5. The molecule has 1 fully saturated rings. The number of carbonyl (C=O) groups is 1. The van der Waals surface area contributed by atoms with Crippen molar-refractivity contribution in [3.8, 4) is 0 Å². The molecule has 26 heavy (non-hydrogen) atoms. The Morgan fingerprint density at radius 2 is 1.88 bits per heavy atom. The Labute approximate surface area is 158 Å². The monoisotopic (exact) mass is 377 g/mol. The highest BCUT2D eigenvalue weighted by molar-refractivity contribution is 6.30. The van der Waals surface area contributed by atoms with E-state index < -0.39 is 5.82 Å². The van der Waals surface area contributed by atoms with Gasteiger partial charge in [0.2, 0.25) is 0 Å². The minimum atomic E-state index is -0.404. The minimum Gasteiger partial charge on any atom is -0.322 e. The second-order valence-corrected chi connectivity index (χ2v) is 7.34. The van der Waals surface area contributed by atoms with E-state index in [2.05, 4.69) is 11.4 Å². The highest BCUT2D eigenvalue weighted by Gasteiger charge is 2.31. The Kier molecular flexibility index (Phi) is 6.25. The molecule has 1 saturated heterocycles. The molecule has 3 N–H and O–H groups in total. The molecule has 1 atom stereocenters. The Hall–Kier alpha value is -1.95. The van der Waals surface area contributed by atoms with E-state index >= 15 is 0 Å². The molecular weight excluding hydrogens is 353 g/mol. The number of benzene rings is 2. The lowest BCUT2D eigenvalue weighted by Gasteiger charge is -2.32. The molecule has 0 spiro atoms. The highest BCUT2D eigenvalue weighted by atomic mass is 35.5. The van der Waals surface area contributed by atoms with Crippen LogP contribution in [0.15, 0.2) is 48.5 Å². The maximum Gasteiger partial charge on any atom is 0.282 e. The first-order chi connectivity index (χ1) is 12.5. The largest absolute Gasteiger partial charge is 0.322 e. The molecule has 1 amide bonds. The predicted octanol–water partition coefficient (Wildman–Crippen LogP) is 0.790. The topological polar surface area (TPSA) is 38.0 Å². The van der Waals surface area contributed by atoms with Crippen LogP contribution in [0.3, 0.4) is 0 Å². The van der Waals surface area contributed by atoms with Crippen LogP contribution in [0.2, 0.25) is 5.02 Å². The van der Waals surface area contributed by atoms with Gasteiger partial charge < -0.3 is 15.1 Å². The molecule has 0 saturated carbocycles. The summed E-state index contributed by atoms with van der Waals surface area (Å²) < 4.78 is 13.7. The van der Waals surface area contributed by atoms with Gasteiger partial charge >= 0.3 is 0 Å². The lowest BCUT2D eigenvalue weighted by Crippen LogP contribution is -3.29. The number of nitrogens with one attached hydrogen (secondary N) is 3. The fraction of sp³-hybridized carbons (Fsp3) is 0.350. The quantitative estimate of drug-likeness (QED) is 0.708. The number of piperazine rings is 1. The third-order valence-corrected chi connectivity index (χ3v) is 5.31. The van der Waals surface area contributed by atoms with Crippen LogP contribution in [-0.2, 0) is 11.3 Å².